The molecule has 3 nitrogen and oxygen atoms in total. The maximum atomic E-state index is 6.03. The van der Waals surface area contributed by atoms with Crippen LogP contribution in [0.5, 0.6) is 11.5 Å². The lowest BCUT2D eigenvalue weighted by Gasteiger charge is -2.12. The zero-order valence-electron chi connectivity index (χ0n) is 14.7. The summed E-state index contributed by atoms with van der Waals surface area (Å²) in [5.41, 5.74) is 7.75. The Kier molecular flexibility index (Phi) is 8.19. The van der Waals surface area contributed by atoms with Gasteiger partial charge in [0.1, 0.15) is 11.5 Å². The summed E-state index contributed by atoms with van der Waals surface area (Å²) in [6, 6.07) is 16.4. The van der Waals surface area contributed by atoms with Crippen molar-refractivity contribution >= 4 is 0 Å². The molecule has 130 valence electrons. The van der Waals surface area contributed by atoms with Crippen molar-refractivity contribution in [2.24, 2.45) is 5.73 Å². The van der Waals surface area contributed by atoms with Gasteiger partial charge >= 0.3 is 0 Å². The molecule has 0 aliphatic rings. The van der Waals surface area contributed by atoms with E-state index in [1.807, 2.05) is 37.3 Å². The zero-order valence-corrected chi connectivity index (χ0v) is 14.7. The van der Waals surface area contributed by atoms with Gasteiger partial charge in [-0.25, -0.2) is 0 Å². The van der Waals surface area contributed by atoms with E-state index in [4.69, 9.17) is 15.2 Å². The van der Waals surface area contributed by atoms with E-state index >= 15 is 0 Å². The molecule has 0 aliphatic heterocycles. The third-order valence-corrected chi connectivity index (χ3v) is 3.95. The van der Waals surface area contributed by atoms with Crippen molar-refractivity contribution in [2.75, 3.05) is 19.8 Å². The van der Waals surface area contributed by atoms with Crippen molar-refractivity contribution in [3.05, 3.63) is 48.5 Å². The Hall–Kier alpha value is -2.00. The lowest BCUT2D eigenvalue weighted by molar-refractivity contribution is 0.305. The molecule has 0 saturated heterocycles. The molecule has 0 heterocycles. The first-order valence-corrected chi connectivity index (χ1v) is 9.00. The Balaban J connectivity index is 1.94. The number of rotatable bonds is 11. The van der Waals surface area contributed by atoms with Gasteiger partial charge in [-0.3, -0.25) is 0 Å². The fraction of sp³-hybridized carbons (Fsp3) is 0.429. The first-order chi connectivity index (χ1) is 11.8. The highest BCUT2D eigenvalue weighted by molar-refractivity contribution is 5.71. The second kappa shape index (κ2) is 10.7. The molecule has 0 unspecified atom stereocenters. The SMILES string of the molecule is CCOc1cccc(-c2ccccc2OCCCCCCCN)c1. The van der Waals surface area contributed by atoms with Crippen molar-refractivity contribution in [1.82, 2.24) is 0 Å². The number of para-hydroxylation sites is 1. The molecule has 0 aromatic heterocycles. The third kappa shape index (κ3) is 5.89. The molecule has 0 atom stereocenters. The van der Waals surface area contributed by atoms with Gasteiger partial charge in [0.15, 0.2) is 0 Å². The molecule has 0 radical (unpaired) electrons. The topological polar surface area (TPSA) is 44.5 Å². The molecule has 0 bridgehead atoms. The lowest BCUT2D eigenvalue weighted by Crippen LogP contribution is -2.00. The first kappa shape index (κ1) is 18.3. The van der Waals surface area contributed by atoms with Crippen molar-refractivity contribution in [3.63, 3.8) is 0 Å². The van der Waals surface area contributed by atoms with Crippen LogP contribution in [0.15, 0.2) is 48.5 Å². The monoisotopic (exact) mass is 327 g/mol. The first-order valence-electron chi connectivity index (χ1n) is 9.00. The van der Waals surface area contributed by atoms with E-state index in [2.05, 4.69) is 18.2 Å². The predicted octanol–water partition coefficient (Wildman–Crippen LogP) is 5.04. The molecule has 24 heavy (non-hydrogen) atoms. The van der Waals surface area contributed by atoms with Crippen LogP contribution in [0.25, 0.3) is 11.1 Å². The minimum Gasteiger partial charge on any atom is -0.494 e. The molecule has 0 spiro atoms. The number of nitrogens with two attached hydrogens (primary N) is 1. The van der Waals surface area contributed by atoms with Crippen LogP contribution in [0.2, 0.25) is 0 Å². The molecule has 2 aromatic carbocycles. The van der Waals surface area contributed by atoms with Gasteiger partial charge in [0, 0.05) is 5.56 Å². The Morgan fingerprint density at radius 1 is 0.833 bits per heavy atom. The standard InChI is InChI=1S/C21H29NO2/c1-2-23-19-12-10-11-18(17-19)20-13-6-7-14-21(20)24-16-9-5-3-4-8-15-22/h6-7,10-14,17H,2-5,8-9,15-16,22H2,1H3. The van der Waals surface area contributed by atoms with Gasteiger partial charge in [0.25, 0.3) is 0 Å². The Morgan fingerprint density at radius 3 is 2.46 bits per heavy atom. The van der Waals surface area contributed by atoms with Gasteiger partial charge in [-0.2, -0.15) is 0 Å². The fourth-order valence-corrected chi connectivity index (χ4v) is 2.71. The average Bonchev–Trinajstić information content (AvgIpc) is 2.62. The molecule has 0 fully saturated rings. The van der Waals surface area contributed by atoms with E-state index in [0.29, 0.717) is 6.61 Å². The normalized spacial score (nSPS) is 10.6. The number of hydrogen-bond donors (Lipinski definition) is 1. The molecule has 2 N–H and O–H groups in total. The van der Waals surface area contributed by atoms with E-state index < -0.39 is 0 Å². The molecule has 3 heteroatoms. The summed E-state index contributed by atoms with van der Waals surface area (Å²) in [5.74, 6) is 1.83. The Bertz CT molecular complexity index is 598. The summed E-state index contributed by atoms with van der Waals surface area (Å²) in [7, 11) is 0. The maximum absolute atomic E-state index is 6.03. The summed E-state index contributed by atoms with van der Waals surface area (Å²) in [6.45, 7) is 4.22. The predicted molar refractivity (Wildman–Crippen MR) is 101 cm³/mol. The Morgan fingerprint density at radius 2 is 1.62 bits per heavy atom. The van der Waals surface area contributed by atoms with E-state index in [9.17, 15) is 0 Å². The van der Waals surface area contributed by atoms with Crippen LogP contribution in [0.1, 0.15) is 39.0 Å². The molecule has 2 aromatic rings. The number of benzene rings is 2. The van der Waals surface area contributed by atoms with Gasteiger partial charge in [-0.15, -0.1) is 0 Å². The third-order valence-electron chi connectivity index (χ3n) is 3.95. The second-order valence-electron chi connectivity index (χ2n) is 5.86. The Labute approximate surface area is 145 Å². The second-order valence-corrected chi connectivity index (χ2v) is 5.86. The average molecular weight is 327 g/mol. The van der Waals surface area contributed by atoms with E-state index in [1.54, 1.807) is 0 Å². The maximum Gasteiger partial charge on any atom is 0.127 e. The van der Waals surface area contributed by atoms with E-state index in [-0.39, 0.29) is 0 Å². The van der Waals surface area contributed by atoms with Crippen LogP contribution >= 0.6 is 0 Å². The highest BCUT2D eigenvalue weighted by Gasteiger charge is 2.07. The van der Waals surface area contributed by atoms with Crippen molar-refractivity contribution in [1.29, 1.82) is 0 Å². The number of hydrogen-bond acceptors (Lipinski definition) is 3. The van der Waals surface area contributed by atoms with Crippen LogP contribution in [-0.4, -0.2) is 19.8 Å². The van der Waals surface area contributed by atoms with Crippen LogP contribution in [0.3, 0.4) is 0 Å². The molecule has 0 amide bonds. The van der Waals surface area contributed by atoms with Crippen molar-refractivity contribution < 1.29 is 9.47 Å². The number of unbranched alkanes of at least 4 members (excludes halogenated alkanes) is 4. The molecular formula is C21H29NO2. The van der Waals surface area contributed by atoms with Crippen LogP contribution in [-0.2, 0) is 0 Å². The van der Waals surface area contributed by atoms with E-state index in [1.165, 1.54) is 19.3 Å². The summed E-state index contributed by atoms with van der Waals surface area (Å²) < 4.78 is 11.6. The van der Waals surface area contributed by atoms with Crippen molar-refractivity contribution in [2.45, 2.75) is 39.0 Å². The van der Waals surface area contributed by atoms with Gasteiger partial charge in [0.2, 0.25) is 0 Å². The van der Waals surface area contributed by atoms with Gasteiger partial charge in [0.05, 0.1) is 13.2 Å². The largest absolute Gasteiger partial charge is 0.494 e. The molecular weight excluding hydrogens is 298 g/mol. The summed E-state index contributed by atoms with van der Waals surface area (Å²) in [4.78, 5) is 0. The zero-order chi connectivity index (χ0) is 17.0. The smallest absolute Gasteiger partial charge is 0.127 e. The summed E-state index contributed by atoms with van der Waals surface area (Å²) in [6.07, 6.45) is 5.86. The van der Waals surface area contributed by atoms with Gasteiger partial charge in [-0.1, -0.05) is 49.6 Å². The number of ether oxygens (including phenoxy) is 2. The summed E-state index contributed by atoms with van der Waals surface area (Å²) >= 11 is 0. The minimum absolute atomic E-state index is 0.672. The van der Waals surface area contributed by atoms with Gasteiger partial charge < -0.3 is 15.2 Å². The highest BCUT2D eigenvalue weighted by Crippen LogP contribution is 2.32. The molecule has 0 saturated carbocycles. The van der Waals surface area contributed by atoms with Crippen LogP contribution in [0, 0.1) is 0 Å². The summed E-state index contributed by atoms with van der Waals surface area (Å²) in [5, 5.41) is 0. The minimum atomic E-state index is 0.672. The van der Waals surface area contributed by atoms with Crippen LogP contribution in [0.4, 0.5) is 0 Å². The fourth-order valence-electron chi connectivity index (χ4n) is 2.71. The quantitative estimate of drug-likeness (QED) is 0.588. The highest BCUT2D eigenvalue weighted by atomic mass is 16.5. The van der Waals surface area contributed by atoms with E-state index in [0.717, 1.165) is 48.6 Å². The molecule has 2 rings (SSSR count). The van der Waals surface area contributed by atoms with Crippen molar-refractivity contribution in [3.8, 4) is 22.6 Å². The lowest BCUT2D eigenvalue weighted by atomic mass is 10.0. The van der Waals surface area contributed by atoms with Crippen LogP contribution < -0.4 is 15.2 Å². The van der Waals surface area contributed by atoms with Gasteiger partial charge in [-0.05, 0) is 50.1 Å². The molecule has 0 aliphatic carbocycles.